The highest BCUT2D eigenvalue weighted by molar-refractivity contribution is 6.05. The number of carbonyl (C=O) groups is 1. The van der Waals surface area contributed by atoms with Gasteiger partial charge in [0, 0.05) is 30.2 Å². The van der Waals surface area contributed by atoms with Crippen molar-refractivity contribution in [2.75, 3.05) is 13.1 Å². The lowest BCUT2D eigenvalue weighted by molar-refractivity contribution is 0.0932. The van der Waals surface area contributed by atoms with Crippen LogP contribution in [0.4, 0.5) is 0 Å². The molecule has 1 aliphatic heterocycles. The van der Waals surface area contributed by atoms with Gasteiger partial charge in [0.25, 0.3) is 5.91 Å². The van der Waals surface area contributed by atoms with E-state index in [0.29, 0.717) is 5.92 Å². The van der Waals surface area contributed by atoms with E-state index in [2.05, 4.69) is 29.6 Å². The molecule has 6 nitrogen and oxygen atoms in total. The summed E-state index contributed by atoms with van der Waals surface area (Å²) in [6.45, 7) is 6.07. The summed E-state index contributed by atoms with van der Waals surface area (Å²) in [5.41, 5.74) is 2.59. The van der Waals surface area contributed by atoms with E-state index in [-0.39, 0.29) is 42.8 Å². The van der Waals surface area contributed by atoms with E-state index in [1.54, 1.807) is 6.20 Å². The Kier molecular flexibility index (Phi) is 6.88. The Balaban J connectivity index is 0.00000121. The predicted octanol–water partition coefficient (Wildman–Crippen LogP) is 3.22. The van der Waals surface area contributed by atoms with Crippen LogP contribution >= 0.6 is 24.8 Å². The van der Waals surface area contributed by atoms with Crippen molar-refractivity contribution in [1.29, 1.82) is 0 Å². The number of piperidine rings is 1. The number of fused-ring (bicyclic) bond motifs is 1. The molecule has 0 unspecified atom stereocenters. The standard InChI is InChI=1S/C18H25N5O.2ClH/c1-11(2)23-17-15(10-20-23)14(8-16(22-17)12-5-6-12)18(24)21-13-4-3-7-19-9-13;;/h8,10-13,19H,3-7,9H2,1-2H3,(H,21,24);2*1H/t13-;;/m0../s1. The maximum Gasteiger partial charge on any atom is 0.252 e. The normalized spacial score (nSPS) is 19.7. The monoisotopic (exact) mass is 399 g/mol. The van der Waals surface area contributed by atoms with Gasteiger partial charge in [-0.15, -0.1) is 24.8 Å². The van der Waals surface area contributed by atoms with Crippen molar-refractivity contribution in [2.24, 2.45) is 0 Å². The highest BCUT2D eigenvalue weighted by atomic mass is 35.5. The van der Waals surface area contributed by atoms with Gasteiger partial charge < -0.3 is 10.6 Å². The van der Waals surface area contributed by atoms with Crippen LogP contribution in [0.2, 0.25) is 0 Å². The number of carbonyl (C=O) groups excluding carboxylic acids is 1. The average molecular weight is 400 g/mol. The molecule has 26 heavy (non-hydrogen) atoms. The molecule has 1 amide bonds. The van der Waals surface area contributed by atoms with E-state index in [9.17, 15) is 4.79 Å². The first-order valence-corrected chi connectivity index (χ1v) is 9.03. The molecule has 0 bridgehead atoms. The fraction of sp³-hybridized carbons (Fsp3) is 0.611. The van der Waals surface area contributed by atoms with Crippen LogP contribution < -0.4 is 10.6 Å². The number of halogens is 2. The number of nitrogens with zero attached hydrogens (tertiary/aromatic N) is 3. The zero-order valence-electron chi connectivity index (χ0n) is 15.2. The molecule has 0 spiro atoms. The van der Waals surface area contributed by atoms with E-state index in [1.165, 1.54) is 12.8 Å². The van der Waals surface area contributed by atoms with Crippen molar-refractivity contribution in [1.82, 2.24) is 25.4 Å². The molecule has 4 rings (SSSR count). The van der Waals surface area contributed by atoms with Gasteiger partial charge in [-0.25, -0.2) is 9.67 Å². The average Bonchev–Trinajstić information content (AvgIpc) is 3.33. The number of hydrogen-bond donors (Lipinski definition) is 2. The molecular weight excluding hydrogens is 373 g/mol. The molecule has 1 aliphatic carbocycles. The molecule has 2 N–H and O–H groups in total. The van der Waals surface area contributed by atoms with Crippen LogP contribution in [0, 0.1) is 0 Å². The maximum atomic E-state index is 12.9. The minimum absolute atomic E-state index is 0. The van der Waals surface area contributed by atoms with Crippen LogP contribution in [-0.4, -0.2) is 39.8 Å². The Labute approximate surface area is 166 Å². The van der Waals surface area contributed by atoms with Gasteiger partial charge in [0.2, 0.25) is 0 Å². The number of pyridine rings is 1. The fourth-order valence-electron chi connectivity index (χ4n) is 3.43. The SMILES string of the molecule is CC(C)n1ncc2c(C(=O)N[C@H]3CCCNC3)cc(C3CC3)nc21.Cl.Cl. The van der Waals surface area contributed by atoms with Gasteiger partial charge in [-0.3, -0.25) is 4.79 Å². The van der Waals surface area contributed by atoms with Crippen molar-refractivity contribution in [3.05, 3.63) is 23.5 Å². The Morgan fingerprint density at radius 3 is 2.69 bits per heavy atom. The lowest BCUT2D eigenvalue weighted by Crippen LogP contribution is -2.45. The molecule has 144 valence electrons. The van der Waals surface area contributed by atoms with Crippen molar-refractivity contribution >= 4 is 41.8 Å². The highest BCUT2D eigenvalue weighted by Crippen LogP contribution is 2.40. The van der Waals surface area contributed by atoms with Gasteiger partial charge in [0.1, 0.15) is 0 Å². The fourth-order valence-corrected chi connectivity index (χ4v) is 3.43. The highest BCUT2D eigenvalue weighted by Gasteiger charge is 2.28. The molecule has 2 fully saturated rings. The zero-order valence-corrected chi connectivity index (χ0v) is 16.8. The summed E-state index contributed by atoms with van der Waals surface area (Å²) in [7, 11) is 0. The number of rotatable bonds is 4. The quantitative estimate of drug-likeness (QED) is 0.827. The summed E-state index contributed by atoms with van der Waals surface area (Å²) >= 11 is 0. The second kappa shape index (κ2) is 8.55. The maximum absolute atomic E-state index is 12.9. The third-order valence-electron chi connectivity index (χ3n) is 4.95. The lowest BCUT2D eigenvalue weighted by atomic mass is 10.1. The van der Waals surface area contributed by atoms with Crippen LogP contribution in [0.25, 0.3) is 11.0 Å². The minimum Gasteiger partial charge on any atom is -0.348 e. The van der Waals surface area contributed by atoms with Crippen LogP contribution in [0.15, 0.2) is 12.3 Å². The van der Waals surface area contributed by atoms with Crippen molar-refractivity contribution in [3.8, 4) is 0 Å². The van der Waals surface area contributed by atoms with Crippen molar-refractivity contribution in [3.63, 3.8) is 0 Å². The van der Waals surface area contributed by atoms with Crippen LogP contribution in [0.1, 0.15) is 67.5 Å². The number of aromatic nitrogens is 3. The third kappa shape index (κ3) is 4.13. The minimum atomic E-state index is 0. The second-order valence-electron chi connectivity index (χ2n) is 7.31. The summed E-state index contributed by atoms with van der Waals surface area (Å²) < 4.78 is 1.92. The Hall–Kier alpha value is -1.37. The molecule has 1 atom stereocenters. The number of nitrogens with one attached hydrogen (secondary N) is 2. The van der Waals surface area contributed by atoms with Crippen LogP contribution in [-0.2, 0) is 0 Å². The van der Waals surface area contributed by atoms with Gasteiger partial charge in [-0.2, -0.15) is 5.10 Å². The second-order valence-corrected chi connectivity index (χ2v) is 7.31. The van der Waals surface area contributed by atoms with Gasteiger partial charge in [0.05, 0.1) is 17.1 Å². The molecule has 2 aliphatic rings. The van der Waals surface area contributed by atoms with Gasteiger partial charge >= 0.3 is 0 Å². The predicted molar refractivity (Wildman–Crippen MR) is 108 cm³/mol. The summed E-state index contributed by atoms with van der Waals surface area (Å²) in [5.74, 6) is 0.508. The summed E-state index contributed by atoms with van der Waals surface area (Å²) in [6, 6.07) is 2.42. The van der Waals surface area contributed by atoms with Crippen LogP contribution in [0.5, 0.6) is 0 Å². The molecule has 0 aromatic carbocycles. The summed E-state index contributed by atoms with van der Waals surface area (Å²) in [4.78, 5) is 17.7. The molecule has 2 aromatic heterocycles. The molecule has 1 saturated carbocycles. The Morgan fingerprint density at radius 2 is 2.08 bits per heavy atom. The smallest absolute Gasteiger partial charge is 0.252 e. The van der Waals surface area contributed by atoms with E-state index < -0.39 is 0 Å². The van der Waals surface area contributed by atoms with Crippen LogP contribution in [0.3, 0.4) is 0 Å². The largest absolute Gasteiger partial charge is 0.348 e. The third-order valence-corrected chi connectivity index (χ3v) is 4.95. The topological polar surface area (TPSA) is 71.8 Å². The van der Waals surface area contributed by atoms with E-state index >= 15 is 0 Å². The Morgan fingerprint density at radius 1 is 1.31 bits per heavy atom. The summed E-state index contributed by atoms with van der Waals surface area (Å²) in [5, 5.41) is 11.9. The first-order chi connectivity index (χ1) is 11.6. The molecule has 8 heteroatoms. The van der Waals surface area contributed by atoms with E-state index in [0.717, 1.165) is 48.2 Å². The molecule has 1 saturated heterocycles. The van der Waals surface area contributed by atoms with E-state index in [1.807, 2.05) is 10.7 Å². The van der Waals surface area contributed by atoms with Gasteiger partial charge in [0.15, 0.2) is 5.65 Å². The molecular formula is C18H27Cl2N5O. The summed E-state index contributed by atoms with van der Waals surface area (Å²) in [6.07, 6.45) is 6.26. The first kappa shape index (κ1) is 20.9. The first-order valence-electron chi connectivity index (χ1n) is 9.03. The zero-order chi connectivity index (χ0) is 16.7. The molecule has 3 heterocycles. The Bertz CT molecular complexity index is 766. The van der Waals surface area contributed by atoms with Crippen molar-refractivity contribution < 1.29 is 4.79 Å². The molecule has 2 aromatic rings. The lowest BCUT2D eigenvalue weighted by Gasteiger charge is -2.24. The van der Waals surface area contributed by atoms with E-state index in [4.69, 9.17) is 4.98 Å². The number of hydrogen-bond acceptors (Lipinski definition) is 4. The van der Waals surface area contributed by atoms with Gasteiger partial charge in [-0.1, -0.05) is 0 Å². The molecule has 0 radical (unpaired) electrons. The van der Waals surface area contributed by atoms with Gasteiger partial charge in [-0.05, 0) is 52.1 Å². The van der Waals surface area contributed by atoms with Crippen molar-refractivity contribution in [2.45, 2.75) is 57.5 Å². The number of amides is 1.